The van der Waals surface area contributed by atoms with Gasteiger partial charge in [-0.3, -0.25) is 4.79 Å². The molecule has 0 radical (unpaired) electrons. The van der Waals surface area contributed by atoms with Gasteiger partial charge in [-0.05, 0) is 70.0 Å². The van der Waals surface area contributed by atoms with Gasteiger partial charge >= 0.3 is 0 Å². The highest BCUT2D eigenvalue weighted by atomic mass is 35.5. The Kier molecular flexibility index (Phi) is 6.13. The number of piperidine rings is 1. The van der Waals surface area contributed by atoms with Crippen LogP contribution >= 0.6 is 11.6 Å². The van der Waals surface area contributed by atoms with Gasteiger partial charge in [0.05, 0.1) is 11.4 Å². The summed E-state index contributed by atoms with van der Waals surface area (Å²) in [6, 6.07) is 13.8. The summed E-state index contributed by atoms with van der Waals surface area (Å²) >= 11 is 6.14. The first-order chi connectivity index (χ1) is 16.5. The van der Waals surface area contributed by atoms with E-state index in [0.29, 0.717) is 11.6 Å². The van der Waals surface area contributed by atoms with Gasteiger partial charge in [-0.2, -0.15) is 0 Å². The van der Waals surface area contributed by atoms with Crippen molar-refractivity contribution in [1.82, 2.24) is 24.5 Å². The average molecular weight is 477 g/mol. The molecule has 8 heteroatoms. The van der Waals surface area contributed by atoms with Gasteiger partial charge < -0.3 is 9.80 Å². The standard InChI is InChI=1S/C26H29ClN6O/c1-4-31(5-2)25(34)19-7-6-14-32(16-19)26-28-22-13-8-17(3)15-21(22)24-30-29-23(33(24)26)18-9-11-20(27)12-10-18/h8-13,15,19H,4-7,14,16H2,1-3H3/t19-/m0/s1. The Hall–Kier alpha value is -3.19. The highest BCUT2D eigenvalue weighted by molar-refractivity contribution is 6.30. The van der Waals surface area contributed by atoms with E-state index in [1.165, 1.54) is 0 Å². The summed E-state index contributed by atoms with van der Waals surface area (Å²) in [5.41, 5.74) is 3.70. The van der Waals surface area contributed by atoms with Crippen molar-refractivity contribution in [3.63, 3.8) is 0 Å². The number of fused-ring (bicyclic) bond motifs is 3. The molecule has 2 aromatic heterocycles. The number of aryl methyl sites for hydroxylation is 1. The van der Waals surface area contributed by atoms with Gasteiger partial charge in [-0.15, -0.1) is 10.2 Å². The molecular weight excluding hydrogens is 448 g/mol. The Labute approximate surface area is 204 Å². The smallest absolute Gasteiger partial charge is 0.227 e. The molecule has 0 unspecified atom stereocenters. The Morgan fingerprint density at radius 3 is 2.62 bits per heavy atom. The van der Waals surface area contributed by atoms with Crippen LogP contribution in [0.15, 0.2) is 42.5 Å². The number of amides is 1. The number of carbonyl (C=O) groups is 1. The zero-order chi connectivity index (χ0) is 23.8. The second kappa shape index (κ2) is 9.22. The van der Waals surface area contributed by atoms with Gasteiger partial charge in [0.25, 0.3) is 0 Å². The van der Waals surface area contributed by atoms with E-state index in [0.717, 1.165) is 71.9 Å². The van der Waals surface area contributed by atoms with E-state index >= 15 is 0 Å². The molecule has 1 aliphatic rings. The van der Waals surface area contributed by atoms with E-state index in [9.17, 15) is 4.79 Å². The molecule has 176 valence electrons. The molecule has 0 aliphatic carbocycles. The molecule has 3 heterocycles. The van der Waals surface area contributed by atoms with Crippen LogP contribution in [0.1, 0.15) is 32.3 Å². The van der Waals surface area contributed by atoms with Crippen molar-refractivity contribution in [3.05, 3.63) is 53.1 Å². The molecule has 1 aliphatic heterocycles. The van der Waals surface area contributed by atoms with Crippen molar-refractivity contribution >= 4 is 40.0 Å². The molecule has 0 saturated carbocycles. The zero-order valence-corrected chi connectivity index (χ0v) is 20.6. The number of halogens is 1. The Morgan fingerprint density at radius 1 is 1.12 bits per heavy atom. The van der Waals surface area contributed by atoms with Crippen LogP contribution in [0.4, 0.5) is 5.95 Å². The quantitative estimate of drug-likeness (QED) is 0.406. The number of rotatable bonds is 5. The van der Waals surface area contributed by atoms with Crippen LogP contribution in [0.25, 0.3) is 27.9 Å². The number of benzene rings is 2. The van der Waals surface area contributed by atoms with E-state index in [-0.39, 0.29) is 11.8 Å². The summed E-state index contributed by atoms with van der Waals surface area (Å²) in [5, 5.41) is 10.8. The molecule has 0 bridgehead atoms. The van der Waals surface area contributed by atoms with Crippen LogP contribution in [0.2, 0.25) is 5.02 Å². The largest absolute Gasteiger partial charge is 0.343 e. The fourth-order valence-corrected chi connectivity index (χ4v) is 5.01. The van der Waals surface area contributed by atoms with Crippen LogP contribution in [0.5, 0.6) is 0 Å². The van der Waals surface area contributed by atoms with Crippen molar-refractivity contribution in [3.8, 4) is 11.4 Å². The first kappa shape index (κ1) is 22.6. The summed E-state index contributed by atoms with van der Waals surface area (Å²) in [7, 11) is 0. The maximum absolute atomic E-state index is 13.2. The van der Waals surface area contributed by atoms with E-state index in [1.807, 2.05) is 53.5 Å². The Bertz CT molecular complexity index is 1350. The number of hydrogen-bond acceptors (Lipinski definition) is 5. The minimum absolute atomic E-state index is 0.0466. The third-order valence-corrected chi connectivity index (χ3v) is 6.96. The highest BCUT2D eigenvalue weighted by Crippen LogP contribution is 2.31. The van der Waals surface area contributed by atoms with E-state index in [2.05, 4.69) is 34.2 Å². The summed E-state index contributed by atoms with van der Waals surface area (Å²) in [6.07, 6.45) is 1.83. The number of carbonyl (C=O) groups excluding carboxylic acids is 1. The van der Waals surface area contributed by atoms with Gasteiger partial charge in [-0.1, -0.05) is 23.2 Å². The molecule has 2 aromatic carbocycles. The molecule has 0 spiro atoms. The Morgan fingerprint density at radius 2 is 1.88 bits per heavy atom. The normalized spacial score (nSPS) is 16.4. The average Bonchev–Trinajstić information content (AvgIpc) is 3.30. The fourth-order valence-electron chi connectivity index (χ4n) is 4.88. The minimum Gasteiger partial charge on any atom is -0.343 e. The molecule has 4 aromatic rings. The number of aromatic nitrogens is 4. The molecule has 1 atom stereocenters. The first-order valence-electron chi connectivity index (χ1n) is 11.9. The first-order valence-corrected chi connectivity index (χ1v) is 12.3. The van der Waals surface area contributed by atoms with Gasteiger partial charge in [-0.25, -0.2) is 9.38 Å². The van der Waals surface area contributed by atoms with Crippen LogP contribution < -0.4 is 4.90 Å². The molecule has 5 rings (SSSR count). The van der Waals surface area contributed by atoms with Gasteiger partial charge in [0.15, 0.2) is 11.5 Å². The highest BCUT2D eigenvalue weighted by Gasteiger charge is 2.31. The lowest BCUT2D eigenvalue weighted by Crippen LogP contribution is -2.45. The van der Waals surface area contributed by atoms with Crippen LogP contribution in [-0.2, 0) is 4.79 Å². The van der Waals surface area contributed by atoms with Gasteiger partial charge in [0, 0.05) is 42.2 Å². The molecule has 1 fully saturated rings. The maximum Gasteiger partial charge on any atom is 0.227 e. The number of anilines is 1. The molecule has 0 N–H and O–H groups in total. The molecule has 7 nitrogen and oxygen atoms in total. The maximum atomic E-state index is 13.2. The predicted octanol–water partition coefficient (Wildman–Crippen LogP) is 4.99. The number of nitrogens with zero attached hydrogens (tertiary/aromatic N) is 6. The lowest BCUT2D eigenvalue weighted by Gasteiger charge is -2.35. The second-order valence-corrected chi connectivity index (χ2v) is 9.35. The Balaban J connectivity index is 1.66. The molecule has 34 heavy (non-hydrogen) atoms. The van der Waals surface area contributed by atoms with Crippen LogP contribution in [-0.4, -0.2) is 56.6 Å². The lowest BCUT2D eigenvalue weighted by atomic mass is 9.96. The second-order valence-electron chi connectivity index (χ2n) is 8.92. The molecule has 1 saturated heterocycles. The fraction of sp³-hybridized carbons (Fsp3) is 0.385. The molecular formula is C26H29ClN6O. The van der Waals surface area contributed by atoms with Crippen LogP contribution in [0.3, 0.4) is 0 Å². The van der Waals surface area contributed by atoms with E-state index < -0.39 is 0 Å². The van der Waals surface area contributed by atoms with Crippen molar-refractivity contribution in [2.24, 2.45) is 5.92 Å². The third-order valence-electron chi connectivity index (χ3n) is 6.71. The monoisotopic (exact) mass is 476 g/mol. The van der Waals surface area contributed by atoms with Crippen molar-refractivity contribution in [2.45, 2.75) is 33.6 Å². The van der Waals surface area contributed by atoms with Crippen molar-refractivity contribution in [1.29, 1.82) is 0 Å². The number of hydrogen-bond donors (Lipinski definition) is 0. The summed E-state index contributed by atoms with van der Waals surface area (Å²) in [4.78, 5) is 22.4. The SMILES string of the molecule is CCN(CC)C(=O)[C@H]1CCCN(c2nc3ccc(C)cc3c3nnc(-c4ccc(Cl)cc4)n23)C1. The van der Waals surface area contributed by atoms with Crippen molar-refractivity contribution in [2.75, 3.05) is 31.1 Å². The van der Waals surface area contributed by atoms with E-state index in [4.69, 9.17) is 16.6 Å². The predicted molar refractivity (Wildman–Crippen MR) is 136 cm³/mol. The summed E-state index contributed by atoms with van der Waals surface area (Å²) < 4.78 is 2.04. The van der Waals surface area contributed by atoms with Crippen LogP contribution in [0, 0.1) is 12.8 Å². The topological polar surface area (TPSA) is 66.6 Å². The minimum atomic E-state index is -0.0466. The van der Waals surface area contributed by atoms with Gasteiger partial charge in [0.1, 0.15) is 0 Å². The zero-order valence-electron chi connectivity index (χ0n) is 19.8. The third kappa shape index (κ3) is 3.98. The van der Waals surface area contributed by atoms with Gasteiger partial charge in [0.2, 0.25) is 11.9 Å². The molecule has 1 amide bonds. The summed E-state index contributed by atoms with van der Waals surface area (Å²) in [5.74, 6) is 1.67. The summed E-state index contributed by atoms with van der Waals surface area (Å²) in [6.45, 7) is 9.06. The van der Waals surface area contributed by atoms with Crippen molar-refractivity contribution < 1.29 is 4.79 Å². The van der Waals surface area contributed by atoms with E-state index in [1.54, 1.807) is 0 Å². The lowest BCUT2D eigenvalue weighted by molar-refractivity contribution is -0.135.